The number of benzene rings is 2. The lowest BCUT2D eigenvalue weighted by Crippen LogP contribution is -1.97. The Labute approximate surface area is 118 Å². The number of nitrogens with zero attached hydrogens (tertiary/aromatic N) is 4. The first-order valence-electron chi connectivity index (χ1n) is 6.33. The van der Waals surface area contributed by atoms with Crippen molar-refractivity contribution in [2.75, 3.05) is 0 Å². The average Bonchev–Trinajstić information content (AvgIpc) is 2.98. The van der Waals surface area contributed by atoms with E-state index in [2.05, 4.69) is 15.3 Å². The molecule has 5 nitrogen and oxygen atoms in total. The van der Waals surface area contributed by atoms with Gasteiger partial charge in [0, 0.05) is 10.8 Å². The van der Waals surface area contributed by atoms with Crippen molar-refractivity contribution < 1.29 is 9.13 Å². The van der Waals surface area contributed by atoms with Gasteiger partial charge in [-0.05, 0) is 30.3 Å². The minimum absolute atomic E-state index is 0.311. The number of aromatic nitrogens is 4. The summed E-state index contributed by atoms with van der Waals surface area (Å²) in [6.07, 6.45) is 1.51. The molecule has 0 spiro atoms. The molecule has 0 saturated carbocycles. The van der Waals surface area contributed by atoms with Gasteiger partial charge in [0.15, 0.2) is 5.65 Å². The number of ether oxygens (including phenoxy) is 1. The van der Waals surface area contributed by atoms with Crippen molar-refractivity contribution in [2.24, 2.45) is 0 Å². The molecule has 21 heavy (non-hydrogen) atoms. The summed E-state index contributed by atoms with van der Waals surface area (Å²) in [4.78, 5) is 0. The minimum atomic E-state index is -0.311. The molecule has 0 aliphatic heterocycles. The number of hydrogen-bond acceptors (Lipinski definition) is 4. The molecule has 2 aromatic heterocycles. The zero-order valence-electron chi connectivity index (χ0n) is 10.8. The minimum Gasteiger partial charge on any atom is -0.437 e. The third-order valence-electron chi connectivity index (χ3n) is 3.16. The van der Waals surface area contributed by atoms with Crippen LogP contribution < -0.4 is 4.74 Å². The van der Waals surface area contributed by atoms with Crippen LogP contribution in [0.25, 0.3) is 16.4 Å². The van der Waals surface area contributed by atoms with E-state index in [0.29, 0.717) is 17.3 Å². The number of hydrogen-bond donors (Lipinski definition) is 0. The summed E-state index contributed by atoms with van der Waals surface area (Å²) in [5.41, 5.74) is 0.664. The Morgan fingerprint density at radius 3 is 2.52 bits per heavy atom. The lowest BCUT2D eigenvalue weighted by molar-refractivity contribution is 0.457. The maximum Gasteiger partial charge on any atom is 0.245 e. The van der Waals surface area contributed by atoms with Gasteiger partial charge in [0.2, 0.25) is 5.88 Å². The smallest absolute Gasteiger partial charge is 0.245 e. The molecule has 2 aromatic carbocycles. The van der Waals surface area contributed by atoms with Crippen molar-refractivity contribution in [3.8, 4) is 11.6 Å². The predicted molar refractivity (Wildman–Crippen MR) is 74.8 cm³/mol. The second-order valence-corrected chi connectivity index (χ2v) is 4.51. The van der Waals surface area contributed by atoms with Crippen molar-refractivity contribution in [1.29, 1.82) is 0 Å². The zero-order chi connectivity index (χ0) is 14.2. The summed E-state index contributed by atoms with van der Waals surface area (Å²) in [5.74, 6) is 0.625. The first-order valence-corrected chi connectivity index (χ1v) is 6.33. The molecule has 0 amide bonds. The standard InChI is InChI=1S/C15H9FN4O/c16-10-5-7-11(8-6-10)21-15-13-4-2-1-3-12(13)14-18-17-9-20(14)19-15/h1-9H. The highest BCUT2D eigenvalue weighted by molar-refractivity contribution is 5.96. The summed E-state index contributed by atoms with van der Waals surface area (Å²) in [6, 6.07) is 13.4. The molecular formula is C15H9FN4O. The fourth-order valence-electron chi connectivity index (χ4n) is 2.19. The van der Waals surface area contributed by atoms with Crippen LogP contribution in [0.4, 0.5) is 4.39 Å². The Hall–Kier alpha value is -3.02. The van der Waals surface area contributed by atoms with Gasteiger partial charge in [-0.2, -0.15) is 4.52 Å². The number of fused-ring (bicyclic) bond motifs is 3. The summed E-state index contributed by atoms with van der Waals surface area (Å²) in [6.45, 7) is 0. The van der Waals surface area contributed by atoms with Crippen LogP contribution in [-0.4, -0.2) is 19.8 Å². The van der Waals surface area contributed by atoms with Gasteiger partial charge < -0.3 is 4.74 Å². The van der Waals surface area contributed by atoms with Crippen molar-refractivity contribution in [1.82, 2.24) is 19.8 Å². The van der Waals surface area contributed by atoms with E-state index in [-0.39, 0.29) is 5.82 Å². The molecular weight excluding hydrogens is 271 g/mol. The Bertz CT molecular complexity index is 933. The lowest BCUT2D eigenvalue weighted by atomic mass is 10.2. The molecule has 0 radical (unpaired) electrons. The highest BCUT2D eigenvalue weighted by Crippen LogP contribution is 2.29. The van der Waals surface area contributed by atoms with Crippen LogP contribution in [0, 0.1) is 5.82 Å². The van der Waals surface area contributed by atoms with Crippen LogP contribution in [0.1, 0.15) is 0 Å². The van der Waals surface area contributed by atoms with E-state index in [1.54, 1.807) is 16.6 Å². The second-order valence-electron chi connectivity index (χ2n) is 4.51. The van der Waals surface area contributed by atoms with Crippen LogP contribution in [-0.2, 0) is 0 Å². The molecule has 0 atom stereocenters. The van der Waals surface area contributed by atoms with E-state index in [0.717, 1.165) is 10.8 Å². The third kappa shape index (κ3) is 1.97. The van der Waals surface area contributed by atoms with Crippen molar-refractivity contribution in [3.63, 3.8) is 0 Å². The van der Waals surface area contributed by atoms with Gasteiger partial charge in [0.1, 0.15) is 17.9 Å². The average molecular weight is 280 g/mol. The number of rotatable bonds is 2. The van der Waals surface area contributed by atoms with Crippen molar-refractivity contribution in [3.05, 3.63) is 60.7 Å². The van der Waals surface area contributed by atoms with Gasteiger partial charge in [0.05, 0.1) is 0 Å². The first kappa shape index (κ1) is 11.8. The molecule has 0 unspecified atom stereocenters. The molecule has 4 aromatic rings. The Balaban J connectivity index is 1.91. The quantitative estimate of drug-likeness (QED) is 0.565. The van der Waals surface area contributed by atoms with Gasteiger partial charge in [-0.3, -0.25) is 0 Å². The molecule has 6 heteroatoms. The Kier molecular flexibility index (Phi) is 2.53. The zero-order valence-corrected chi connectivity index (χ0v) is 10.8. The SMILES string of the molecule is Fc1ccc(Oc2nn3cnnc3c3ccccc23)cc1. The molecule has 0 aliphatic carbocycles. The van der Waals surface area contributed by atoms with E-state index in [1.807, 2.05) is 24.3 Å². The molecule has 0 aliphatic rings. The van der Waals surface area contributed by atoms with Crippen LogP contribution in [0.15, 0.2) is 54.9 Å². The molecule has 0 bridgehead atoms. The van der Waals surface area contributed by atoms with Gasteiger partial charge in [0.25, 0.3) is 0 Å². The largest absolute Gasteiger partial charge is 0.437 e. The van der Waals surface area contributed by atoms with Crippen LogP contribution >= 0.6 is 0 Å². The second kappa shape index (κ2) is 4.52. The predicted octanol–water partition coefficient (Wildman–Crippen LogP) is 3.21. The molecule has 0 N–H and O–H groups in total. The Morgan fingerprint density at radius 2 is 1.71 bits per heavy atom. The maximum atomic E-state index is 13.0. The van der Waals surface area contributed by atoms with E-state index in [4.69, 9.17) is 4.74 Å². The number of halogens is 1. The third-order valence-corrected chi connectivity index (χ3v) is 3.16. The van der Waals surface area contributed by atoms with Crippen LogP contribution in [0.5, 0.6) is 11.6 Å². The van der Waals surface area contributed by atoms with Crippen LogP contribution in [0.3, 0.4) is 0 Å². The van der Waals surface area contributed by atoms with Gasteiger partial charge in [-0.15, -0.1) is 15.3 Å². The van der Waals surface area contributed by atoms with E-state index in [9.17, 15) is 4.39 Å². The molecule has 2 heterocycles. The van der Waals surface area contributed by atoms with E-state index < -0.39 is 0 Å². The van der Waals surface area contributed by atoms with Crippen molar-refractivity contribution >= 4 is 16.4 Å². The van der Waals surface area contributed by atoms with Crippen LogP contribution in [0.2, 0.25) is 0 Å². The summed E-state index contributed by atoms with van der Waals surface area (Å²) < 4.78 is 20.3. The molecule has 0 fully saturated rings. The molecule has 0 saturated heterocycles. The van der Waals surface area contributed by atoms with Gasteiger partial charge >= 0.3 is 0 Å². The Morgan fingerprint density at radius 1 is 0.952 bits per heavy atom. The summed E-state index contributed by atoms with van der Waals surface area (Å²) in [5, 5.41) is 14.0. The molecule has 102 valence electrons. The highest BCUT2D eigenvalue weighted by atomic mass is 19.1. The maximum absolute atomic E-state index is 13.0. The summed E-state index contributed by atoms with van der Waals surface area (Å²) in [7, 11) is 0. The first-order chi connectivity index (χ1) is 10.3. The van der Waals surface area contributed by atoms with E-state index in [1.165, 1.54) is 18.5 Å². The summed E-state index contributed by atoms with van der Waals surface area (Å²) >= 11 is 0. The molecule has 4 rings (SSSR count). The normalized spacial score (nSPS) is 11.1. The monoisotopic (exact) mass is 280 g/mol. The van der Waals surface area contributed by atoms with Crippen molar-refractivity contribution in [2.45, 2.75) is 0 Å². The fraction of sp³-hybridized carbons (Fsp3) is 0. The van der Waals surface area contributed by atoms with E-state index >= 15 is 0 Å². The fourth-order valence-corrected chi connectivity index (χ4v) is 2.19. The topological polar surface area (TPSA) is 52.3 Å². The van der Waals surface area contributed by atoms with Gasteiger partial charge in [-0.25, -0.2) is 4.39 Å². The highest BCUT2D eigenvalue weighted by Gasteiger charge is 2.11. The van der Waals surface area contributed by atoms with Gasteiger partial charge in [-0.1, -0.05) is 18.2 Å². The lowest BCUT2D eigenvalue weighted by Gasteiger charge is -2.08.